The molecule has 1 heterocycles. The maximum absolute atomic E-state index is 5.83. The molecular formula is C13H13NO. The predicted octanol–water partition coefficient (Wildman–Crippen LogP) is 3.08. The van der Waals surface area contributed by atoms with Crippen molar-refractivity contribution < 1.29 is 4.74 Å². The normalized spacial score (nSPS) is 15.5. The van der Waals surface area contributed by atoms with Gasteiger partial charge in [-0.2, -0.15) is 0 Å². The van der Waals surface area contributed by atoms with Crippen LogP contribution < -0.4 is 4.74 Å². The maximum Gasteiger partial charge on any atom is 0.145 e. The Balaban J connectivity index is 2.13. The molecule has 0 N–H and O–H groups in total. The number of aryl methyl sites for hydroxylation is 1. The number of hydrogen-bond acceptors (Lipinski definition) is 2. The first-order valence-electron chi connectivity index (χ1n) is 5.36. The summed E-state index contributed by atoms with van der Waals surface area (Å²) in [6, 6.07) is 10.2. The minimum absolute atomic E-state index is 0.429. The Morgan fingerprint density at radius 1 is 1.20 bits per heavy atom. The largest absolute Gasteiger partial charge is 0.488 e. The smallest absolute Gasteiger partial charge is 0.145 e. The molecule has 1 fully saturated rings. The van der Waals surface area contributed by atoms with Gasteiger partial charge in [0.25, 0.3) is 0 Å². The summed E-state index contributed by atoms with van der Waals surface area (Å²) in [6.07, 6.45) is 2.79. The number of ether oxygens (including phenoxy) is 1. The first kappa shape index (κ1) is 8.72. The van der Waals surface area contributed by atoms with Crippen molar-refractivity contribution in [3.63, 3.8) is 0 Å². The molecular weight excluding hydrogens is 186 g/mol. The summed E-state index contributed by atoms with van der Waals surface area (Å²) in [7, 11) is 0. The monoisotopic (exact) mass is 199 g/mol. The van der Waals surface area contributed by atoms with Gasteiger partial charge in [0.05, 0.1) is 6.10 Å². The Hall–Kier alpha value is -1.57. The molecule has 76 valence electrons. The van der Waals surface area contributed by atoms with Crippen LogP contribution >= 0.6 is 0 Å². The van der Waals surface area contributed by atoms with Crippen LogP contribution in [0.25, 0.3) is 10.9 Å². The van der Waals surface area contributed by atoms with Crippen molar-refractivity contribution in [1.29, 1.82) is 0 Å². The van der Waals surface area contributed by atoms with Gasteiger partial charge in [-0.1, -0.05) is 18.2 Å². The second kappa shape index (κ2) is 3.23. The number of rotatable bonds is 2. The highest BCUT2D eigenvalue weighted by Gasteiger charge is 2.24. The molecule has 2 heteroatoms. The van der Waals surface area contributed by atoms with Gasteiger partial charge in [-0.05, 0) is 31.9 Å². The lowest BCUT2D eigenvalue weighted by atomic mass is 10.2. The third-order valence-electron chi connectivity index (χ3n) is 2.64. The van der Waals surface area contributed by atoms with Crippen LogP contribution in [0.5, 0.6) is 5.75 Å². The number of nitrogens with zero attached hydrogens (tertiary/aromatic N) is 1. The van der Waals surface area contributed by atoms with E-state index in [0.717, 1.165) is 22.3 Å². The van der Waals surface area contributed by atoms with Gasteiger partial charge in [-0.25, -0.2) is 4.98 Å². The molecule has 2 aromatic rings. The van der Waals surface area contributed by atoms with E-state index in [1.807, 2.05) is 25.1 Å². The van der Waals surface area contributed by atoms with Crippen LogP contribution in [-0.2, 0) is 0 Å². The number of fused-ring (bicyclic) bond motifs is 1. The van der Waals surface area contributed by atoms with Crippen molar-refractivity contribution >= 4 is 10.9 Å². The van der Waals surface area contributed by atoms with Gasteiger partial charge >= 0.3 is 0 Å². The van der Waals surface area contributed by atoms with Crippen molar-refractivity contribution in [3.05, 3.63) is 36.0 Å². The molecule has 1 aromatic carbocycles. The molecule has 1 saturated carbocycles. The van der Waals surface area contributed by atoms with E-state index in [9.17, 15) is 0 Å². The fourth-order valence-corrected chi connectivity index (χ4v) is 1.68. The van der Waals surface area contributed by atoms with E-state index < -0.39 is 0 Å². The van der Waals surface area contributed by atoms with E-state index in [1.54, 1.807) is 0 Å². The molecule has 0 aliphatic heterocycles. The Morgan fingerprint density at radius 2 is 2.07 bits per heavy atom. The van der Waals surface area contributed by atoms with Gasteiger partial charge in [0.2, 0.25) is 0 Å². The molecule has 0 spiro atoms. The molecule has 15 heavy (non-hydrogen) atoms. The van der Waals surface area contributed by atoms with E-state index >= 15 is 0 Å². The highest BCUT2D eigenvalue weighted by Crippen LogP contribution is 2.31. The summed E-state index contributed by atoms with van der Waals surface area (Å²) in [4.78, 5) is 4.53. The van der Waals surface area contributed by atoms with Crippen LogP contribution in [-0.4, -0.2) is 11.1 Å². The van der Waals surface area contributed by atoms with E-state index in [4.69, 9.17) is 4.74 Å². The molecule has 1 aromatic heterocycles. The zero-order valence-electron chi connectivity index (χ0n) is 8.73. The van der Waals surface area contributed by atoms with Crippen LogP contribution in [0.4, 0.5) is 0 Å². The van der Waals surface area contributed by atoms with Crippen molar-refractivity contribution in [1.82, 2.24) is 4.98 Å². The number of aromatic nitrogens is 1. The van der Waals surface area contributed by atoms with E-state index in [2.05, 4.69) is 17.1 Å². The summed E-state index contributed by atoms with van der Waals surface area (Å²) in [5.74, 6) is 0.929. The number of hydrogen-bond donors (Lipinski definition) is 0. The average Bonchev–Trinajstić information content (AvgIpc) is 3.03. The first-order valence-corrected chi connectivity index (χ1v) is 5.36. The standard InChI is InChI=1S/C13H13NO/c1-9-5-6-10-3-2-4-12(13(10)14-9)15-11-7-8-11/h2-6,11H,7-8H2,1H3. The summed E-state index contributed by atoms with van der Waals surface area (Å²) in [5.41, 5.74) is 2.03. The van der Waals surface area contributed by atoms with Crippen molar-refractivity contribution in [2.75, 3.05) is 0 Å². The van der Waals surface area contributed by atoms with Crippen molar-refractivity contribution in [2.45, 2.75) is 25.9 Å². The zero-order chi connectivity index (χ0) is 10.3. The van der Waals surface area contributed by atoms with Crippen LogP contribution in [0, 0.1) is 6.92 Å². The lowest BCUT2D eigenvalue weighted by Gasteiger charge is -2.07. The molecule has 0 saturated heterocycles. The quantitative estimate of drug-likeness (QED) is 0.741. The number of benzene rings is 1. The topological polar surface area (TPSA) is 22.1 Å². The maximum atomic E-state index is 5.83. The highest BCUT2D eigenvalue weighted by molar-refractivity contribution is 5.84. The summed E-state index contributed by atoms with van der Waals surface area (Å²) in [5, 5.41) is 1.15. The minimum Gasteiger partial charge on any atom is -0.488 e. The van der Waals surface area contributed by atoms with Gasteiger partial charge < -0.3 is 4.74 Å². The summed E-state index contributed by atoms with van der Waals surface area (Å²) < 4.78 is 5.83. The van der Waals surface area contributed by atoms with Crippen molar-refractivity contribution in [2.24, 2.45) is 0 Å². The molecule has 2 nitrogen and oxygen atoms in total. The molecule has 0 bridgehead atoms. The summed E-state index contributed by atoms with van der Waals surface area (Å²) >= 11 is 0. The molecule has 1 aliphatic rings. The molecule has 0 unspecified atom stereocenters. The van der Waals surface area contributed by atoms with Gasteiger partial charge in [-0.15, -0.1) is 0 Å². The Bertz CT molecular complexity index is 503. The second-order valence-electron chi connectivity index (χ2n) is 4.10. The lowest BCUT2D eigenvalue weighted by molar-refractivity contribution is 0.306. The van der Waals surface area contributed by atoms with Crippen LogP contribution in [0.2, 0.25) is 0 Å². The third-order valence-corrected chi connectivity index (χ3v) is 2.64. The van der Waals surface area contributed by atoms with Gasteiger partial charge in [-0.3, -0.25) is 0 Å². The first-order chi connectivity index (χ1) is 7.33. The fraction of sp³-hybridized carbons (Fsp3) is 0.308. The Morgan fingerprint density at radius 3 is 2.87 bits per heavy atom. The van der Waals surface area contributed by atoms with Gasteiger partial charge in [0.15, 0.2) is 0 Å². The van der Waals surface area contributed by atoms with E-state index in [0.29, 0.717) is 6.10 Å². The number of para-hydroxylation sites is 1. The molecule has 1 aliphatic carbocycles. The van der Waals surface area contributed by atoms with Crippen LogP contribution in [0.15, 0.2) is 30.3 Å². The third kappa shape index (κ3) is 1.67. The lowest BCUT2D eigenvalue weighted by Crippen LogP contribution is -1.97. The number of pyridine rings is 1. The molecule has 0 amide bonds. The van der Waals surface area contributed by atoms with Crippen molar-refractivity contribution in [3.8, 4) is 5.75 Å². The minimum atomic E-state index is 0.429. The summed E-state index contributed by atoms with van der Waals surface area (Å²) in [6.45, 7) is 2.01. The van der Waals surface area contributed by atoms with Crippen LogP contribution in [0.1, 0.15) is 18.5 Å². The molecule has 0 atom stereocenters. The Labute approximate surface area is 88.9 Å². The zero-order valence-corrected chi connectivity index (χ0v) is 8.73. The van der Waals surface area contributed by atoms with Gasteiger partial charge in [0.1, 0.15) is 11.3 Å². The van der Waals surface area contributed by atoms with Crippen LogP contribution in [0.3, 0.4) is 0 Å². The Kier molecular flexibility index (Phi) is 1.88. The fourth-order valence-electron chi connectivity index (χ4n) is 1.68. The highest BCUT2D eigenvalue weighted by atomic mass is 16.5. The second-order valence-corrected chi connectivity index (χ2v) is 4.10. The van der Waals surface area contributed by atoms with E-state index in [1.165, 1.54) is 12.8 Å². The molecule has 3 rings (SSSR count). The van der Waals surface area contributed by atoms with E-state index in [-0.39, 0.29) is 0 Å². The predicted molar refractivity (Wildman–Crippen MR) is 60.1 cm³/mol. The SMILES string of the molecule is Cc1ccc2cccc(OC3CC3)c2n1. The molecule has 0 radical (unpaired) electrons. The van der Waals surface area contributed by atoms with Gasteiger partial charge in [0, 0.05) is 11.1 Å². The average molecular weight is 199 g/mol.